The van der Waals surface area contributed by atoms with E-state index in [0.29, 0.717) is 11.4 Å². The van der Waals surface area contributed by atoms with Crippen molar-refractivity contribution in [3.8, 4) is 11.5 Å². The Kier molecular flexibility index (Phi) is 4.80. The first kappa shape index (κ1) is 19.0. The van der Waals surface area contributed by atoms with Crippen molar-refractivity contribution in [3.05, 3.63) is 82.1 Å². The van der Waals surface area contributed by atoms with E-state index in [-0.39, 0.29) is 22.7 Å². The number of pyridine rings is 1. The van der Waals surface area contributed by atoms with Gasteiger partial charge in [-0.2, -0.15) is 5.10 Å². The number of hydrogen-bond donors (Lipinski definition) is 1. The van der Waals surface area contributed by atoms with Crippen LogP contribution < -0.4 is 10.1 Å². The van der Waals surface area contributed by atoms with Crippen LogP contribution in [0, 0.1) is 24.0 Å². The van der Waals surface area contributed by atoms with Crippen LogP contribution in [0.5, 0.6) is 11.5 Å². The summed E-state index contributed by atoms with van der Waals surface area (Å²) in [5.74, 6) is 0.112. The molecule has 1 amide bonds. The Hall–Kier alpha value is -4.34. The number of rotatable bonds is 5. The highest BCUT2D eigenvalue weighted by molar-refractivity contribution is 6.08. The summed E-state index contributed by atoms with van der Waals surface area (Å²) in [7, 11) is 0. The summed E-state index contributed by atoms with van der Waals surface area (Å²) in [5, 5.41) is 18.2. The lowest BCUT2D eigenvalue weighted by molar-refractivity contribution is -0.384. The molecular weight excluding hydrogens is 388 g/mol. The molecule has 0 spiro atoms. The van der Waals surface area contributed by atoms with Gasteiger partial charge in [0.25, 0.3) is 11.6 Å². The number of nitro groups is 1. The molecule has 30 heavy (non-hydrogen) atoms. The molecule has 0 unspecified atom stereocenters. The molecule has 0 bridgehead atoms. The zero-order valence-corrected chi connectivity index (χ0v) is 16.1. The summed E-state index contributed by atoms with van der Waals surface area (Å²) in [6.45, 7) is 3.68. The number of aryl methyl sites for hydroxylation is 2. The zero-order chi connectivity index (χ0) is 21.3. The van der Waals surface area contributed by atoms with Crippen molar-refractivity contribution in [2.45, 2.75) is 13.8 Å². The van der Waals surface area contributed by atoms with Crippen LogP contribution in [0.3, 0.4) is 0 Å². The van der Waals surface area contributed by atoms with Gasteiger partial charge in [-0.15, -0.1) is 0 Å². The molecule has 0 fully saturated rings. The Balaban J connectivity index is 1.67. The Labute approximate surface area is 170 Å². The number of nitro benzene ring substituents is 1. The number of aromatic nitrogens is 4. The lowest BCUT2D eigenvalue weighted by atomic mass is 10.2. The molecule has 0 saturated carbocycles. The van der Waals surface area contributed by atoms with Gasteiger partial charge in [-0.25, -0.2) is 9.50 Å². The maximum absolute atomic E-state index is 12.8. The number of nitrogens with one attached hydrogen (secondary N) is 1. The molecule has 0 aliphatic heterocycles. The fourth-order valence-corrected chi connectivity index (χ4v) is 2.99. The van der Waals surface area contributed by atoms with Gasteiger partial charge in [0.2, 0.25) is 0 Å². The van der Waals surface area contributed by atoms with E-state index in [0.717, 1.165) is 11.4 Å². The minimum atomic E-state index is -0.560. The maximum Gasteiger partial charge on any atom is 0.275 e. The Morgan fingerprint density at radius 1 is 1.17 bits per heavy atom. The minimum Gasteiger partial charge on any atom is -0.455 e. The zero-order valence-electron chi connectivity index (χ0n) is 16.1. The van der Waals surface area contributed by atoms with E-state index < -0.39 is 10.8 Å². The number of nitrogens with zero attached hydrogens (tertiary/aromatic N) is 5. The normalized spacial score (nSPS) is 10.7. The highest BCUT2D eigenvalue weighted by atomic mass is 16.6. The molecule has 0 saturated heterocycles. The van der Waals surface area contributed by atoms with E-state index in [9.17, 15) is 14.9 Å². The largest absolute Gasteiger partial charge is 0.455 e. The van der Waals surface area contributed by atoms with Crippen molar-refractivity contribution in [2.75, 3.05) is 5.32 Å². The standard InChI is InChI=1S/C20H16N6O4/c1-12-6-13(2)25-19(23-12)18(11-22-25)20(27)24-14-7-15(26(28)29)9-17(8-14)30-16-4-3-5-21-10-16/h3-11H,1-2H3,(H,24,27). The van der Waals surface area contributed by atoms with Crippen LogP contribution in [-0.4, -0.2) is 30.4 Å². The van der Waals surface area contributed by atoms with Gasteiger partial charge in [-0.3, -0.25) is 19.9 Å². The van der Waals surface area contributed by atoms with E-state index in [2.05, 4.69) is 20.4 Å². The molecule has 1 N–H and O–H groups in total. The van der Waals surface area contributed by atoms with Crippen LogP contribution >= 0.6 is 0 Å². The predicted molar refractivity (Wildman–Crippen MR) is 108 cm³/mol. The summed E-state index contributed by atoms with van der Waals surface area (Å²) < 4.78 is 7.20. The van der Waals surface area contributed by atoms with Gasteiger partial charge in [0.1, 0.15) is 17.1 Å². The molecule has 0 aliphatic rings. The Morgan fingerprint density at radius 3 is 2.73 bits per heavy atom. The van der Waals surface area contributed by atoms with Crippen LogP contribution in [0.1, 0.15) is 21.7 Å². The van der Waals surface area contributed by atoms with Crippen molar-refractivity contribution in [3.63, 3.8) is 0 Å². The van der Waals surface area contributed by atoms with Gasteiger partial charge in [0.05, 0.1) is 29.1 Å². The summed E-state index contributed by atoms with van der Waals surface area (Å²) in [5.41, 5.74) is 2.22. The smallest absolute Gasteiger partial charge is 0.275 e. The Morgan fingerprint density at radius 2 is 2.00 bits per heavy atom. The molecule has 4 rings (SSSR count). The van der Waals surface area contributed by atoms with E-state index >= 15 is 0 Å². The number of fused-ring (bicyclic) bond motifs is 1. The van der Waals surface area contributed by atoms with Crippen LogP contribution in [0.4, 0.5) is 11.4 Å². The molecule has 10 heteroatoms. The SMILES string of the molecule is Cc1cc(C)n2ncc(C(=O)Nc3cc(Oc4cccnc4)cc([N+](=O)[O-])c3)c2n1. The Bertz CT molecular complexity index is 1270. The molecule has 150 valence electrons. The third kappa shape index (κ3) is 3.78. The highest BCUT2D eigenvalue weighted by Gasteiger charge is 2.18. The second-order valence-corrected chi connectivity index (χ2v) is 6.55. The van der Waals surface area contributed by atoms with Gasteiger partial charge in [-0.05, 0) is 32.0 Å². The van der Waals surface area contributed by atoms with Crippen LogP contribution in [0.15, 0.2) is 55.0 Å². The number of amides is 1. The number of non-ortho nitro benzene ring substituents is 1. The summed E-state index contributed by atoms with van der Waals surface area (Å²) in [6.07, 6.45) is 4.47. The first-order valence-corrected chi connectivity index (χ1v) is 8.91. The van der Waals surface area contributed by atoms with Gasteiger partial charge in [0.15, 0.2) is 5.65 Å². The predicted octanol–water partition coefficient (Wildman–Crippen LogP) is 3.69. The quantitative estimate of drug-likeness (QED) is 0.397. The van der Waals surface area contributed by atoms with Crippen molar-refractivity contribution >= 4 is 22.9 Å². The van der Waals surface area contributed by atoms with Gasteiger partial charge in [-0.1, -0.05) is 0 Å². The average molecular weight is 404 g/mol. The van der Waals surface area contributed by atoms with E-state index in [1.54, 1.807) is 22.8 Å². The highest BCUT2D eigenvalue weighted by Crippen LogP contribution is 2.30. The number of hydrogen-bond acceptors (Lipinski definition) is 7. The molecule has 3 aromatic heterocycles. The fourth-order valence-electron chi connectivity index (χ4n) is 2.99. The lowest BCUT2D eigenvalue weighted by Crippen LogP contribution is -2.12. The molecule has 4 aromatic rings. The first-order chi connectivity index (χ1) is 14.4. The van der Waals surface area contributed by atoms with Gasteiger partial charge < -0.3 is 10.1 Å². The first-order valence-electron chi connectivity index (χ1n) is 8.91. The van der Waals surface area contributed by atoms with Gasteiger partial charge >= 0.3 is 0 Å². The maximum atomic E-state index is 12.8. The average Bonchev–Trinajstić information content (AvgIpc) is 3.13. The number of benzene rings is 1. The molecule has 0 aliphatic carbocycles. The second-order valence-electron chi connectivity index (χ2n) is 6.55. The van der Waals surface area contributed by atoms with Crippen molar-refractivity contribution < 1.29 is 14.5 Å². The van der Waals surface area contributed by atoms with E-state index in [4.69, 9.17) is 4.74 Å². The van der Waals surface area contributed by atoms with Crippen molar-refractivity contribution in [1.29, 1.82) is 0 Å². The van der Waals surface area contributed by atoms with Crippen LogP contribution in [0.25, 0.3) is 5.65 Å². The molecule has 1 aromatic carbocycles. The second kappa shape index (κ2) is 7.59. The number of ether oxygens (including phenoxy) is 1. The minimum absolute atomic E-state index is 0.192. The fraction of sp³-hybridized carbons (Fsp3) is 0.100. The third-order valence-corrected chi connectivity index (χ3v) is 4.25. The molecule has 3 heterocycles. The van der Waals surface area contributed by atoms with Crippen LogP contribution in [-0.2, 0) is 0 Å². The van der Waals surface area contributed by atoms with E-state index in [1.807, 2.05) is 19.9 Å². The molecular formula is C20H16N6O4. The topological polar surface area (TPSA) is 125 Å². The summed E-state index contributed by atoms with van der Waals surface area (Å²) in [6, 6.07) is 9.21. The monoisotopic (exact) mass is 404 g/mol. The molecule has 10 nitrogen and oxygen atoms in total. The van der Waals surface area contributed by atoms with Crippen molar-refractivity contribution in [1.82, 2.24) is 19.6 Å². The summed E-state index contributed by atoms with van der Waals surface area (Å²) >= 11 is 0. The van der Waals surface area contributed by atoms with Crippen LogP contribution in [0.2, 0.25) is 0 Å². The molecule has 0 atom stereocenters. The third-order valence-electron chi connectivity index (χ3n) is 4.25. The summed E-state index contributed by atoms with van der Waals surface area (Å²) in [4.78, 5) is 31.9. The van der Waals surface area contributed by atoms with Crippen molar-refractivity contribution in [2.24, 2.45) is 0 Å². The molecule has 0 radical (unpaired) electrons. The van der Waals surface area contributed by atoms with Gasteiger partial charge in [0, 0.05) is 29.7 Å². The number of anilines is 1. The lowest BCUT2D eigenvalue weighted by Gasteiger charge is -2.09. The van der Waals surface area contributed by atoms with E-state index in [1.165, 1.54) is 30.6 Å². The number of carbonyl (C=O) groups excluding carboxylic acids is 1. The number of carbonyl (C=O) groups is 1.